The summed E-state index contributed by atoms with van der Waals surface area (Å²) < 4.78 is 6.64. The number of nitrogens with one attached hydrogen (secondary N) is 1. The second kappa shape index (κ2) is 6.62. The molecule has 4 nitrogen and oxygen atoms in total. The van der Waals surface area contributed by atoms with Crippen molar-refractivity contribution < 1.29 is 14.3 Å². The van der Waals surface area contributed by atoms with Crippen molar-refractivity contribution in [1.82, 2.24) is 5.32 Å². The van der Waals surface area contributed by atoms with Crippen molar-refractivity contribution in [2.75, 3.05) is 6.61 Å². The monoisotopic (exact) mass is 353 g/mol. The number of carbonyl (C=O) groups excluding carboxylic acids is 1. The maximum Gasteiger partial charge on any atom is 0.287 e. The second-order valence-corrected chi connectivity index (χ2v) is 6.50. The lowest BCUT2D eigenvalue weighted by Gasteiger charge is -2.20. The van der Waals surface area contributed by atoms with Gasteiger partial charge in [-0.25, -0.2) is 0 Å². The summed E-state index contributed by atoms with van der Waals surface area (Å²) in [6.07, 6.45) is 0.536. The van der Waals surface area contributed by atoms with Crippen molar-refractivity contribution in [1.29, 1.82) is 0 Å². The number of fused-ring (bicyclic) bond motifs is 1. The molecule has 1 heterocycles. The minimum Gasteiger partial charge on any atom is -0.451 e. The van der Waals surface area contributed by atoms with E-state index in [-0.39, 0.29) is 24.5 Å². The molecule has 5 heteroatoms. The Hall–Kier alpha value is -1.33. The Morgan fingerprint density at radius 1 is 1.38 bits per heavy atom. The molecule has 114 valence electrons. The lowest BCUT2D eigenvalue weighted by atomic mass is 10.0. The molecule has 2 rings (SSSR count). The first kappa shape index (κ1) is 16.0. The van der Waals surface area contributed by atoms with E-state index >= 15 is 0 Å². The lowest BCUT2D eigenvalue weighted by Crippen LogP contribution is -2.39. The van der Waals surface area contributed by atoms with Crippen LogP contribution in [0.3, 0.4) is 0 Å². The Morgan fingerprint density at radius 3 is 2.71 bits per heavy atom. The van der Waals surface area contributed by atoms with E-state index in [0.717, 1.165) is 21.0 Å². The van der Waals surface area contributed by atoms with E-state index in [0.29, 0.717) is 12.2 Å². The number of amides is 1. The Morgan fingerprint density at radius 2 is 2.10 bits per heavy atom. The second-order valence-electron chi connectivity index (χ2n) is 5.59. The summed E-state index contributed by atoms with van der Waals surface area (Å²) in [6, 6.07) is 5.56. The maximum atomic E-state index is 12.3. The van der Waals surface area contributed by atoms with Crippen molar-refractivity contribution in [3.63, 3.8) is 0 Å². The molecule has 0 saturated carbocycles. The summed E-state index contributed by atoms with van der Waals surface area (Å²) in [5.74, 6) is 0.310. The number of hydrogen-bond donors (Lipinski definition) is 2. The van der Waals surface area contributed by atoms with Crippen LogP contribution in [-0.2, 0) is 0 Å². The number of carbonyl (C=O) groups is 1. The molecule has 0 unspecified atom stereocenters. The molecule has 0 saturated heterocycles. The fourth-order valence-corrected chi connectivity index (χ4v) is 2.94. The molecule has 0 aliphatic rings. The molecule has 0 aliphatic carbocycles. The number of aliphatic hydroxyl groups excluding tert-OH is 1. The lowest BCUT2D eigenvalue weighted by molar-refractivity contribution is 0.0890. The number of rotatable bonds is 5. The molecule has 0 radical (unpaired) electrons. The van der Waals surface area contributed by atoms with Crippen LogP contribution in [0.5, 0.6) is 0 Å². The number of aryl methyl sites for hydroxylation is 1. The highest BCUT2D eigenvalue weighted by Gasteiger charge is 2.20. The Balaban J connectivity index is 2.25. The molecular formula is C16H20BrNO3. The van der Waals surface area contributed by atoms with Crippen LogP contribution in [0, 0.1) is 12.8 Å². The van der Waals surface area contributed by atoms with E-state index in [4.69, 9.17) is 9.52 Å². The Bertz CT molecular complexity index is 648. The summed E-state index contributed by atoms with van der Waals surface area (Å²) in [4.78, 5) is 12.3. The van der Waals surface area contributed by atoms with Crippen LogP contribution >= 0.6 is 15.9 Å². The fourth-order valence-electron chi connectivity index (χ4n) is 2.35. The van der Waals surface area contributed by atoms with Crippen molar-refractivity contribution in [2.24, 2.45) is 5.92 Å². The summed E-state index contributed by atoms with van der Waals surface area (Å²) in [7, 11) is 0. The minimum absolute atomic E-state index is 0.0509. The average Bonchev–Trinajstić information content (AvgIpc) is 2.82. The van der Waals surface area contributed by atoms with Crippen LogP contribution in [0.1, 0.15) is 36.4 Å². The van der Waals surface area contributed by atoms with Gasteiger partial charge >= 0.3 is 0 Å². The van der Waals surface area contributed by atoms with Crippen LogP contribution in [0.2, 0.25) is 0 Å². The van der Waals surface area contributed by atoms with Crippen LogP contribution in [0.15, 0.2) is 27.1 Å². The van der Waals surface area contributed by atoms with Crippen LogP contribution in [0.25, 0.3) is 11.0 Å². The van der Waals surface area contributed by atoms with E-state index in [1.807, 2.05) is 32.9 Å². The first-order valence-corrected chi connectivity index (χ1v) is 7.83. The van der Waals surface area contributed by atoms with E-state index in [1.54, 1.807) is 6.07 Å². The molecular weight excluding hydrogens is 334 g/mol. The third kappa shape index (κ3) is 3.66. The van der Waals surface area contributed by atoms with Crippen molar-refractivity contribution in [3.05, 3.63) is 34.0 Å². The third-order valence-corrected chi connectivity index (χ3v) is 4.01. The number of hydrogen-bond acceptors (Lipinski definition) is 3. The van der Waals surface area contributed by atoms with Gasteiger partial charge in [0.15, 0.2) is 5.76 Å². The SMILES string of the molecule is Cc1cc(Br)cc2cc(C(=O)N[C@H](CCO)C(C)C)oc12. The van der Waals surface area contributed by atoms with Gasteiger partial charge in [0, 0.05) is 22.5 Å². The van der Waals surface area contributed by atoms with Crippen molar-refractivity contribution >= 4 is 32.8 Å². The highest BCUT2D eigenvalue weighted by molar-refractivity contribution is 9.10. The molecule has 0 aliphatic heterocycles. The molecule has 0 fully saturated rings. The minimum atomic E-state index is -0.242. The van der Waals surface area contributed by atoms with Crippen LogP contribution < -0.4 is 5.32 Å². The zero-order chi connectivity index (χ0) is 15.6. The van der Waals surface area contributed by atoms with E-state index in [9.17, 15) is 4.79 Å². The molecule has 21 heavy (non-hydrogen) atoms. The summed E-state index contributed by atoms with van der Waals surface area (Å²) >= 11 is 3.44. The first-order chi connectivity index (χ1) is 9.92. The van der Waals surface area contributed by atoms with E-state index in [2.05, 4.69) is 21.2 Å². The number of halogens is 1. The van der Waals surface area contributed by atoms with Crippen molar-refractivity contribution in [3.8, 4) is 0 Å². The Labute approximate surface area is 132 Å². The van der Waals surface area contributed by atoms with Gasteiger partial charge in [-0.15, -0.1) is 0 Å². The van der Waals surface area contributed by atoms with Gasteiger partial charge in [-0.3, -0.25) is 4.79 Å². The van der Waals surface area contributed by atoms with Gasteiger partial charge in [0.05, 0.1) is 0 Å². The topological polar surface area (TPSA) is 62.5 Å². The first-order valence-electron chi connectivity index (χ1n) is 7.03. The van der Waals surface area contributed by atoms with Gasteiger partial charge in [0.25, 0.3) is 5.91 Å². The average molecular weight is 354 g/mol. The maximum absolute atomic E-state index is 12.3. The molecule has 0 bridgehead atoms. The van der Waals surface area contributed by atoms with Gasteiger partial charge in [0.2, 0.25) is 0 Å². The van der Waals surface area contributed by atoms with Gasteiger partial charge in [-0.1, -0.05) is 29.8 Å². The number of aliphatic hydroxyl groups is 1. The molecule has 2 N–H and O–H groups in total. The molecule has 1 atom stereocenters. The van der Waals surface area contributed by atoms with Gasteiger partial charge in [-0.05, 0) is 43.0 Å². The molecule has 1 aromatic heterocycles. The van der Waals surface area contributed by atoms with Gasteiger partial charge < -0.3 is 14.8 Å². The highest BCUT2D eigenvalue weighted by Crippen LogP contribution is 2.27. The molecule has 1 amide bonds. The van der Waals surface area contributed by atoms with Crippen LogP contribution in [-0.4, -0.2) is 23.7 Å². The normalized spacial score (nSPS) is 12.9. The molecule has 1 aromatic carbocycles. The quantitative estimate of drug-likeness (QED) is 0.862. The van der Waals surface area contributed by atoms with Crippen LogP contribution in [0.4, 0.5) is 0 Å². The predicted molar refractivity (Wildman–Crippen MR) is 86.4 cm³/mol. The standard InChI is InChI=1S/C16H20BrNO3/c1-9(2)13(4-5-19)18-16(20)14-8-11-7-12(17)6-10(3)15(11)21-14/h6-9,13,19H,4-5H2,1-3H3,(H,18,20)/t13-/m1/s1. The zero-order valence-electron chi connectivity index (χ0n) is 12.4. The third-order valence-electron chi connectivity index (χ3n) is 3.55. The molecule has 2 aromatic rings. The van der Waals surface area contributed by atoms with E-state index in [1.165, 1.54) is 0 Å². The summed E-state index contributed by atoms with van der Waals surface area (Å²) in [6.45, 7) is 6.03. The van der Waals surface area contributed by atoms with Gasteiger partial charge in [-0.2, -0.15) is 0 Å². The number of benzene rings is 1. The van der Waals surface area contributed by atoms with Gasteiger partial charge in [0.1, 0.15) is 5.58 Å². The largest absolute Gasteiger partial charge is 0.451 e. The fraction of sp³-hybridized carbons (Fsp3) is 0.438. The zero-order valence-corrected chi connectivity index (χ0v) is 14.0. The summed E-state index contributed by atoms with van der Waals surface area (Å²) in [5.41, 5.74) is 1.71. The molecule has 0 spiro atoms. The smallest absolute Gasteiger partial charge is 0.287 e. The predicted octanol–water partition coefficient (Wildman–Crippen LogP) is 3.64. The number of furan rings is 1. The summed E-state index contributed by atoms with van der Waals surface area (Å²) in [5, 5.41) is 12.9. The highest BCUT2D eigenvalue weighted by atomic mass is 79.9. The van der Waals surface area contributed by atoms with E-state index < -0.39 is 0 Å². The van der Waals surface area contributed by atoms with Crippen molar-refractivity contribution in [2.45, 2.75) is 33.2 Å². The Kier molecular flexibility index (Phi) is 5.06.